The molecule has 1 aromatic rings. The zero-order valence-corrected chi connectivity index (χ0v) is 9.88. The predicted molar refractivity (Wildman–Crippen MR) is 59.8 cm³/mol. The lowest BCUT2D eigenvalue weighted by Gasteiger charge is -2.35. The number of piperidine rings is 1. The number of likely N-dealkylation sites (tertiary alicyclic amines) is 1. The number of nitrogens with two attached hydrogens (primary N) is 1. The quantitative estimate of drug-likeness (QED) is 0.814. The van der Waals surface area contributed by atoms with Gasteiger partial charge in [0.1, 0.15) is 9.34 Å². The average Bonchev–Trinajstić information content (AvgIpc) is 2.59. The highest BCUT2D eigenvalue weighted by Gasteiger charge is 2.34. The number of nitrogens with zero attached hydrogens (tertiary/aromatic N) is 2. The van der Waals surface area contributed by atoms with Gasteiger partial charge in [-0.05, 0) is 6.42 Å². The lowest BCUT2D eigenvalue weighted by atomic mass is 9.97. The molecule has 6 heteroatoms. The van der Waals surface area contributed by atoms with Crippen molar-refractivity contribution in [1.29, 1.82) is 0 Å². The number of carbonyl (C=O) groups excluding carboxylic acids is 1. The van der Waals surface area contributed by atoms with Crippen LogP contribution in [0, 0.1) is 0 Å². The molecule has 0 aliphatic carbocycles. The molecule has 2 unspecified atom stereocenters. The summed E-state index contributed by atoms with van der Waals surface area (Å²) < 4.78 is 0.628. The highest BCUT2D eigenvalue weighted by molar-refractivity contribution is 7.15. The van der Waals surface area contributed by atoms with E-state index in [4.69, 9.17) is 17.3 Å². The van der Waals surface area contributed by atoms with E-state index < -0.39 is 0 Å². The minimum Gasteiger partial charge on any atom is -0.335 e. The molecule has 0 saturated carbocycles. The summed E-state index contributed by atoms with van der Waals surface area (Å²) >= 11 is 7.21. The van der Waals surface area contributed by atoms with Gasteiger partial charge < -0.3 is 10.6 Å². The molecule has 15 heavy (non-hydrogen) atoms. The van der Waals surface area contributed by atoms with Gasteiger partial charge >= 0.3 is 0 Å². The van der Waals surface area contributed by atoms with Crippen LogP contribution in [0.2, 0.25) is 4.34 Å². The molecular weight excluding hydrogens is 234 g/mol. The zero-order valence-electron chi connectivity index (χ0n) is 8.31. The van der Waals surface area contributed by atoms with Gasteiger partial charge in [0.05, 0.1) is 12.2 Å². The Labute approximate surface area is 97.0 Å². The molecule has 2 atom stereocenters. The number of amides is 1. The largest absolute Gasteiger partial charge is 0.335 e. The van der Waals surface area contributed by atoms with Crippen LogP contribution < -0.4 is 5.73 Å². The number of carbonyl (C=O) groups is 1. The van der Waals surface area contributed by atoms with Crippen molar-refractivity contribution in [3.05, 3.63) is 15.5 Å². The molecule has 1 amide bonds. The van der Waals surface area contributed by atoms with Gasteiger partial charge in [-0.3, -0.25) is 4.79 Å². The fourth-order valence-electron chi connectivity index (χ4n) is 1.82. The van der Waals surface area contributed by atoms with Crippen molar-refractivity contribution in [3.63, 3.8) is 0 Å². The lowest BCUT2D eigenvalue weighted by Crippen LogP contribution is -2.46. The first-order chi connectivity index (χ1) is 7.09. The van der Waals surface area contributed by atoms with Gasteiger partial charge in [-0.1, -0.05) is 11.6 Å². The predicted octanol–water partition coefficient (Wildman–Crippen LogP) is 1.42. The summed E-state index contributed by atoms with van der Waals surface area (Å²) in [5, 5.41) is 0.822. The Hall–Kier alpha value is -0.650. The number of likely N-dealkylation sites (N-methyl/N-ethyl adjacent to an activating group) is 1. The van der Waals surface area contributed by atoms with Gasteiger partial charge in [-0.2, -0.15) is 0 Å². The van der Waals surface area contributed by atoms with Crippen LogP contribution in [0.25, 0.3) is 0 Å². The van der Waals surface area contributed by atoms with Gasteiger partial charge in [0.25, 0.3) is 0 Å². The van der Waals surface area contributed by atoms with E-state index in [0.717, 1.165) is 5.01 Å². The Bertz CT molecular complexity index is 381. The molecule has 1 aliphatic heterocycles. The Balaban J connectivity index is 2.28. The van der Waals surface area contributed by atoms with Crippen molar-refractivity contribution in [2.24, 2.45) is 5.73 Å². The number of halogens is 1. The fraction of sp³-hybridized carbons (Fsp3) is 0.556. The molecule has 82 valence electrons. The normalized spacial score (nSPS) is 27.1. The highest BCUT2D eigenvalue weighted by atomic mass is 35.5. The molecule has 1 aromatic heterocycles. The summed E-state index contributed by atoms with van der Waals surface area (Å²) in [5.74, 6) is 0.119. The smallest absolute Gasteiger partial charge is 0.223 e. The summed E-state index contributed by atoms with van der Waals surface area (Å²) in [5.41, 5.74) is 6.00. The van der Waals surface area contributed by atoms with E-state index in [9.17, 15) is 4.79 Å². The van der Waals surface area contributed by atoms with Crippen LogP contribution in [0.1, 0.15) is 23.9 Å². The molecule has 0 spiro atoms. The number of hydrogen-bond acceptors (Lipinski definition) is 4. The number of rotatable bonds is 1. The first-order valence-electron chi connectivity index (χ1n) is 4.72. The van der Waals surface area contributed by atoms with Crippen LogP contribution in [-0.2, 0) is 4.79 Å². The molecule has 2 heterocycles. The third-order valence-corrected chi connectivity index (χ3v) is 3.84. The van der Waals surface area contributed by atoms with Crippen molar-refractivity contribution in [2.45, 2.75) is 24.9 Å². The zero-order chi connectivity index (χ0) is 11.0. The second-order valence-electron chi connectivity index (χ2n) is 3.65. The van der Waals surface area contributed by atoms with Gasteiger partial charge in [-0.25, -0.2) is 4.98 Å². The maximum absolute atomic E-state index is 11.5. The van der Waals surface area contributed by atoms with E-state index in [1.54, 1.807) is 18.1 Å². The van der Waals surface area contributed by atoms with E-state index in [0.29, 0.717) is 17.2 Å². The molecule has 2 rings (SSSR count). The van der Waals surface area contributed by atoms with Crippen molar-refractivity contribution in [1.82, 2.24) is 9.88 Å². The molecule has 1 saturated heterocycles. The Morgan fingerprint density at radius 2 is 2.47 bits per heavy atom. The van der Waals surface area contributed by atoms with Crippen molar-refractivity contribution in [3.8, 4) is 0 Å². The summed E-state index contributed by atoms with van der Waals surface area (Å²) in [6.45, 7) is 0. The van der Waals surface area contributed by atoms with Crippen LogP contribution in [0.3, 0.4) is 0 Å². The first-order valence-corrected chi connectivity index (χ1v) is 5.91. The maximum atomic E-state index is 11.5. The van der Waals surface area contributed by atoms with Crippen LogP contribution in [0.15, 0.2) is 6.20 Å². The number of aromatic nitrogens is 1. The first kappa shape index (κ1) is 10.9. The van der Waals surface area contributed by atoms with E-state index in [-0.39, 0.29) is 18.0 Å². The summed E-state index contributed by atoms with van der Waals surface area (Å²) in [4.78, 5) is 17.4. The minimum absolute atomic E-state index is 0.0464. The van der Waals surface area contributed by atoms with Crippen LogP contribution in [0.5, 0.6) is 0 Å². The Morgan fingerprint density at radius 3 is 3.07 bits per heavy atom. The van der Waals surface area contributed by atoms with Gasteiger partial charge in [0.2, 0.25) is 5.91 Å². The van der Waals surface area contributed by atoms with E-state index in [1.165, 1.54) is 11.3 Å². The van der Waals surface area contributed by atoms with Crippen LogP contribution in [0.4, 0.5) is 0 Å². The molecule has 4 nitrogen and oxygen atoms in total. The summed E-state index contributed by atoms with van der Waals surface area (Å²) in [6, 6.07) is -0.168. The topological polar surface area (TPSA) is 59.2 Å². The van der Waals surface area contributed by atoms with E-state index >= 15 is 0 Å². The fourth-order valence-corrected chi connectivity index (χ4v) is 2.97. The Morgan fingerprint density at radius 1 is 1.73 bits per heavy atom. The molecule has 2 N–H and O–H groups in total. The van der Waals surface area contributed by atoms with Gasteiger partial charge in [0, 0.05) is 19.5 Å². The average molecular weight is 246 g/mol. The molecule has 0 aromatic carbocycles. The molecule has 0 radical (unpaired) electrons. The van der Waals surface area contributed by atoms with E-state index in [1.807, 2.05) is 0 Å². The van der Waals surface area contributed by atoms with Gasteiger partial charge in [-0.15, -0.1) is 11.3 Å². The monoisotopic (exact) mass is 245 g/mol. The third kappa shape index (κ3) is 2.00. The molecule has 0 bridgehead atoms. The second-order valence-corrected chi connectivity index (χ2v) is 5.35. The van der Waals surface area contributed by atoms with Crippen LogP contribution >= 0.6 is 22.9 Å². The second kappa shape index (κ2) is 4.08. The standard InChI is InChI=1S/C9H12ClN3OS/c1-13-7(14)3-2-5(11)8(13)9-12-4-6(10)15-9/h4-5,8H,2-3,11H2,1H3. The number of hydrogen-bond donors (Lipinski definition) is 1. The number of thiazole rings is 1. The third-order valence-electron chi connectivity index (χ3n) is 2.66. The van der Waals surface area contributed by atoms with Crippen molar-refractivity contribution >= 4 is 28.8 Å². The van der Waals surface area contributed by atoms with Gasteiger partial charge in [0.15, 0.2) is 0 Å². The minimum atomic E-state index is -0.122. The SMILES string of the molecule is CN1C(=O)CCC(N)C1c1ncc(Cl)s1. The molecular formula is C9H12ClN3OS. The van der Waals surface area contributed by atoms with E-state index in [2.05, 4.69) is 4.98 Å². The summed E-state index contributed by atoms with van der Waals surface area (Å²) in [7, 11) is 1.77. The highest BCUT2D eigenvalue weighted by Crippen LogP contribution is 2.33. The van der Waals surface area contributed by atoms with Crippen molar-refractivity contribution < 1.29 is 4.79 Å². The molecule has 1 fully saturated rings. The molecule has 1 aliphatic rings. The van der Waals surface area contributed by atoms with Crippen molar-refractivity contribution in [2.75, 3.05) is 7.05 Å². The summed E-state index contributed by atoms with van der Waals surface area (Å²) in [6.07, 6.45) is 2.83. The Kier molecular flexibility index (Phi) is 2.95. The van der Waals surface area contributed by atoms with Crippen LogP contribution in [-0.4, -0.2) is 28.9 Å². The maximum Gasteiger partial charge on any atom is 0.223 e. The lowest BCUT2D eigenvalue weighted by molar-refractivity contribution is -0.135.